The first-order chi connectivity index (χ1) is 9.69. The van der Waals surface area contributed by atoms with Gasteiger partial charge in [0.1, 0.15) is 0 Å². The second-order valence-electron chi connectivity index (χ2n) is 4.47. The Balaban J connectivity index is 2.53. The first-order valence-electron chi connectivity index (χ1n) is 6.99. The van der Waals surface area contributed by atoms with Gasteiger partial charge in [0.25, 0.3) is 0 Å². The van der Waals surface area contributed by atoms with E-state index in [1.165, 1.54) is 0 Å². The fourth-order valence-electron chi connectivity index (χ4n) is 1.74. The van der Waals surface area contributed by atoms with Crippen molar-refractivity contribution in [3.63, 3.8) is 0 Å². The summed E-state index contributed by atoms with van der Waals surface area (Å²) in [6.07, 6.45) is 4.68. The molecule has 0 aliphatic heterocycles. The van der Waals surface area contributed by atoms with E-state index < -0.39 is 0 Å². The molecule has 0 fully saturated rings. The Morgan fingerprint density at radius 2 is 2.30 bits per heavy atom. The van der Waals surface area contributed by atoms with Crippen molar-refractivity contribution in [3.05, 3.63) is 24.4 Å². The Bertz CT molecular complexity index is 418. The number of ether oxygens (including phenoxy) is 1. The maximum atomic E-state index is 11.5. The smallest absolute Gasteiger partial charge is 0.320 e. The lowest BCUT2D eigenvalue weighted by Gasteiger charge is -2.16. The lowest BCUT2D eigenvalue weighted by atomic mass is 10.2. The number of nitrogens with zero attached hydrogens (tertiary/aromatic N) is 3. The van der Waals surface area contributed by atoms with Gasteiger partial charge in [0.05, 0.1) is 19.7 Å². The van der Waals surface area contributed by atoms with Crippen molar-refractivity contribution >= 4 is 5.97 Å². The van der Waals surface area contributed by atoms with Gasteiger partial charge in [-0.05, 0) is 13.3 Å². The largest absolute Gasteiger partial charge is 0.465 e. The number of carbonyl (C=O) groups is 1. The second kappa shape index (κ2) is 9.25. The van der Waals surface area contributed by atoms with Crippen molar-refractivity contribution in [3.8, 4) is 0 Å². The van der Waals surface area contributed by atoms with Gasteiger partial charge >= 0.3 is 5.97 Å². The van der Waals surface area contributed by atoms with Gasteiger partial charge in [-0.1, -0.05) is 24.6 Å². The average molecular weight is 281 g/mol. The highest BCUT2D eigenvalue weighted by Gasteiger charge is 2.14. The summed E-state index contributed by atoms with van der Waals surface area (Å²) in [5, 5.41) is 3.93. The third-order valence-electron chi connectivity index (χ3n) is 2.67. The molecule has 0 atom stereocenters. The third kappa shape index (κ3) is 5.97. The molecule has 112 valence electrons. The Kier molecular flexibility index (Phi) is 7.57. The molecule has 20 heavy (non-hydrogen) atoms. The van der Waals surface area contributed by atoms with E-state index in [2.05, 4.69) is 23.6 Å². The monoisotopic (exact) mass is 281 g/mol. The molecule has 0 radical (unpaired) electrons. The Morgan fingerprint density at radius 1 is 1.50 bits per heavy atom. The molecule has 1 aromatic heterocycles. The molecular formula is C14H23N3O3. The van der Waals surface area contributed by atoms with Crippen LogP contribution in [-0.2, 0) is 22.5 Å². The molecule has 0 saturated heterocycles. The zero-order chi connectivity index (χ0) is 14.8. The summed E-state index contributed by atoms with van der Waals surface area (Å²) in [6.45, 7) is 9.13. The van der Waals surface area contributed by atoms with Gasteiger partial charge in [0.15, 0.2) is 5.82 Å². The zero-order valence-electron chi connectivity index (χ0n) is 12.3. The summed E-state index contributed by atoms with van der Waals surface area (Å²) in [6, 6.07) is 0. The lowest BCUT2D eigenvalue weighted by molar-refractivity contribution is -0.144. The topological polar surface area (TPSA) is 68.5 Å². The summed E-state index contributed by atoms with van der Waals surface area (Å²) in [7, 11) is 0. The molecule has 0 aliphatic rings. The lowest BCUT2D eigenvalue weighted by Crippen LogP contribution is -2.31. The molecule has 0 amide bonds. The number of hydrogen-bond donors (Lipinski definition) is 0. The van der Waals surface area contributed by atoms with Crippen LogP contribution >= 0.6 is 0 Å². The van der Waals surface area contributed by atoms with Gasteiger partial charge in [0.2, 0.25) is 5.89 Å². The van der Waals surface area contributed by atoms with Gasteiger partial charge in [-0.25, -0.2) is 0 Å². The summed E-state index contributed by atoms with van der Waals surface area (Å²) in [4.78, 5) is 17.7. The number of unbranched alkanes of at least 4 members (excludes halogenated alkanes) is 1. The molecule has 1 heterocycles. The third-order valence-corrected chi connectivity index (χ3v) is 2.67. The Hall–Kier alpha value is -1.69. The van der Waals surface area contributed by atoms with E-state index in [9.17, 15) is 4.79 Å². The summed E-state index contributed by atoms with van der Waals surface area (Å²) < 4.78 is 10.1. The van der Waals surface area contributed by atoms with Crippen LogP contribution in [0.4, 0.5) is 0 Å². The van der Waals surface area contributed by atoms with E-state index in [4.69, 9.17) is 9.26 Å². The van der Waals surface area contributed by atoms with E-state index in [1.807, 2.05) is 4.90 Å². The molecule has 0 saturated carbocycles. The minimum absolute atomic E-state index is 0.187. The molecule has 6 nitrogen and oxygen atoms in total. The van der Waals surface area contributed by atoms with E-state index in [0.717, 1.165) is 25.1 Å². The van der Waals surface area contributed by atoms with Gasteiger partial charge in [-0.2, -0.15) is 4.98 Å². The first kappa shape index (κ1) is 16.4. The normalized spacial score (nSPS) is 10.8. The van der Waals surface area contributed by atoms with Crippen molar-refractivity contribution in [1.29, 1.82) is 0 Å². The van der Waals surface area contributed by atoms with Crippen LogP contribution in [0.1, 0.15) is 38.4 Å². The highest BCUT2D eigenvalue weighted by Crippen LogP contribution is 2.06. The molecule has 0 N–H and O–H groups in total. The maximum absolute atomic E-state index is 11.5. The van der Waals surface area contributed by atoms with Crippen LogP contribution in [0.3, 0.4) is 0 Å². The van der Waals surface area contributed by atoms with Crippen molar-refractivity contribution in [2.45, 2.75) is 39.7 Å². The van der Waals surface area contributed by atoms with E-state index in [-0.39, 0.29) is 12.5 Å². The number of hydrogen-bond acceptors (Lipinski definition) is 6. The second-order valence-corrected chi connectivity index (χ2v) is 4.47. The van der Waals surface area contributed by atoms with Crippen LogP contribution in [0.5, 0.6) is 0 Å². The molecule has 0 bridgehead atoms. The van der Waals surface area contributed by atoms with E-state index in [0.29, 0.717) is 25.6 Å². The number of carbonyl (C=O) groups excluding carboxylic acids is 1. The summed E-state index contributed by atoms with van der Waals surface area (Å²) >= 11 is 0. The quantitative estimate of drug-likeness (QED) is 0.482. The fourth-order valence-corrected chi connectivity index (χ4v) is 1.74. The minimum atomic E-state index is -0.264. The maximum Gasteiger partial charge on any atom is 0.320 e. The highest BCUT2D eigenvalue weighted by molar-refractivity contribution is 5.71. The number of aromatic nitrogens is 2. The molecule has 0 spiro atoms. The van der Waals surface area contributed by atoms with Crippen molar-refractivity contribution < 1.29 is 14.1 Å². The summed E-state index contributed by atoms with van der Waals surface area (Å²) in [5.74, 6) is 0.971. The standard InChI is InChI=1S/C14H23N3O3/c1-4-7-8-12-15-13(20-16-12)10-17(9-5-2)11-14(18)19-6-3/h5H,2,4,6-11H2,1,3H3. The van der Waals surface area contributed by atoms with E-state index in [1.54, 1.807) is 13.0 Å². The molecule has 0 aliphatic carbocycles. The number of aryl methyl sites for hydroxylation is 1. The zero-order valence-corrected chi connectivity index (χ0v) is 12.3. The van der Waals surface area contributed by atoms with Gasteiger partial charge < -0.3 is 9.26 Å². The SMILES string of the molecule is C=CCN(CC(=O)OCC)Cc1nc(CCCC)no1. The van der Waals surface area contributed by atoms with Crippen molar-refractivity contribution in [1.82, 2.24) is 15.0 Å². The van der Waals surface area contributed by atoms with Crippen LogP contribution in [0.2, 0.25) is 0 Å². The molecular weight excluding hydrogens is 258 g/mol. The van der Waals surface area contributed by atoms with E-state index >= 15 is 0 Å². The first-order valence-corrected chi connectivity index (χ1v) is 6.99. The predicted molar refractivity (Wildman–Crippen MR) is 75.0 cm³/mol. The Labute approximate surface area is 119 Å². The minimum Gasteiger partial charge on any atom is -0.465 e. The van der Waals surface area contributed by atoms with Crippen molar-refractivity contribution in [2.75, 3.05) is 19.7 Å². The predicted octanol–water partition coefficient (Wildman–Crippen LogP) is 1.96. The van der Waals surface area contributed by atoms with Crippen LogP contribution < -0.4 is 0 Å². The molecule has 0 aromatic carbocycles. The van der Waals surface area contributed by atoms with Crippen LogP contribution in [0, 0.1) is 0 Å². The van der Waals surface area contributed by atoms with Gasteiger partial charge in [0, 0.05) is 13.0 Å². The average Bonchev–Trinajstić information content (AvgIpc) is 2.84. The molecule has 0 unspecified atom stereocenters. The fraction of sp³-hybridized carbons (Fsp3) is 0.643. The van der Waals surface area contributed by atoms with Crippen LogP contribution in [0.15, 0.2) is 17.2 Å². The number of rotatable bonds is 10. The molecule has 1 rings (SSSR count). The summed E-state index contributed by atoms with van der Waals surface area (Å²) in [5.41, 5.74) is 0. The molecule has 1 aromatic rings. The van der Waals surface area contributed by atoms with Crippen LogP contribution in [0.25, 0.3) is 0 Å². The van der Waals surface area contributed by atoms with Gasteiger partial charge in [-0.3, -0.25) is 9.69 Å². The number of esters is 1. The Morgan fingerprint density at radius 3 is 2.95 bits per heavy atom. The van der Waals surface area contributed by atoms with Crippen LogP contribution in [-0.4, -0.2) is 40.7 Å². The molecule has 6 heteroatoms. The van der Waals surface area contributed by atoms with Crippen molar-refractivity contribution in [2.24, 2.45) is 0 Å². The highest BCUT2D eigenvalue weighted by atomic mass is 16.5. The van der Waals surface area contributed by atoms with Gasteiger partial charge in [-0.15, -0.1) is 6.58 Å².